The summed E-state index contributed by atoms with van der Waals surface area (Å²) in [7, 11) is -2.69. The fourth-order valence-electron chi connectivity index (χ4n) is 2.19. The van der Waals surface area contributed by atoms with E-state index in [2.05, 4.69) is 6.58 Å². The zero-order valence-electron chi connectivity index (χ0n) is 10.2. The second-order valence-corrected chi connectivity index (χ2v) is 4.98. The number of piperidine rings is 1. The van der Waals surface area contributed by atoms with Crippen molar-refractivity contribution in [3.05, 3.63) is 36.1 Å². The third-order valence-electron chi connectivity index (χ3n) is 3.13. The Kier molecular flexibility index (Phi) is 4.96. The number of nitrogens with zero attached hydrogens (tertiary/aromatic N) is 1. The average molecular weight is 257 g/mol. The molecule has 1 N–H and O–H groups in total. The first kappa shape index (κ1) is 14.0. The molecule has 0 amide bonds. The first-order chi connectivity index (χ1) is 8.06. The van der Waals surface area contributed by atoms with Crippen LogP contribution in [0, 0.1) is 5.92 Å². The van der Waals surface area contributed by atoms with Gasteiger partial charge in [0.2, 0.25) is 10.9 Å². The highest BCUT2D eigenvalue weighted by atomic mass is 32.2. The normalized spacial score (nSPS) is 30.2. The van der Waals surface area contributed by atoms with Gasteiger partial charge in [0.05, 0.1) is 5.70 Å². The number of thiol groups is 1. The quantitative estimate of drug-likeness (QED) is 0.748. The van der Waals surface area contributed by atoms with Crippen molar-refractivity contribution in [3.8, 4) is 0 Å². The minimum Gasteiger partial charge on any atom is -0.396 e. The third-order valence-corrected chi connectivity index (χ3v) is 4.06. The first-order valence-electron chi connectivity index (χ1n) is 5.59. The van der Waals surface area contributed by atoms with E-state index in [1.165, 1.54) is 4.31 Å². The molecule has 96 valence electrons. The van der Waals surface area contributed by atoms with Gasteiger partial charge in [-0.05, 0) is 25.8 Å². The van der Waals surface area contributed by atoms with Crippen LogP contribution in [0.3, 0.4) is 0 Å². The van der Waals surface area contributed by atoms with E-state index >= 15 is 0 Å². The highest BCUT2D eigenvalue weighted by molar-refractivity contribution is 7.70. The molecule has 1 rings (SSSR count). The van der Waals surface area contributed by atoms with Crippen molar-refractivity contribution in [3.63, 3.8) is 0 Å². The molecule has 1 aliphatic heterocycles. The number of aliphatic hydroxyl groups is 1. The van der Waals surface area contributed by atoms with Gasteiger partial charge in [0.25, 0.3) is 0 Å². The molecule has 0 saturated carbocycles. The largest absolute Gasteiger partial charge is 0.396 e. The molecule has 5 heteroatoms. The molecule has 0 aromatic heterocycles. The van der Waals surface area contributed by atoms with E-state index in [0.717, 1.165) is 5.57 Å². The van der Waals surface area contributed by atoms with Crippen molar-refractivity contribution in [2.75, 3.05) is 6.61 Å². The van der Waals surface area contributed by atoms with Gasteiger partial charge in [0.1, 0.15) is 0 Å². The molecule has 2 atom stereocenters. The fourth-order valence-corrected chi connectivity index (χ4v) is 3.10. The number of hydrogen-bond donors (Lipinski definition) is 2. The highest BCUT2D eigenvalue weighted by Crippen LogP contribution is 2.34. The standard InChI is InChI=1S/C12H19NO3S/c1-4-6-10-7-11(8-14)9(3)13(17(15)16)12(10)5-2/h4-6,9,11,14,17H,1,7-8H2,2-3H3/b10-6-,12-5+/t9-,11?/m1/s1. The Balaban J connectivity index is 3.23. The van der Waals surface area contributed by atoms with E-state index in [0.29, 0.717) is 12.1 Å². The summed E-state index contributed by atoms with van der Waals surface area (Å²) in [5.74, 6) is -0.0715. The van der Waals surface area contributed by atoms with E-state index in [9.17, 15) is 13.5 Å². The van der Waals surface area contributed by atoms with Gasteiger partial charge in [-0.1, -0.05) is 24.8 Å². The molecule has 0 radical (unpaired) electrons. The van der Waals surface area contributed by atoms with E-state index in [4.69, 9.17) is 0 Å². The van der Waals surface area contributed by atoms with Gasteiger partial charge in [-0.15, -0.1) is 0 Å². The maximum Gasteiger partial charge on any atom is 0.225 e. The zero-order chi connectivity index (χ0) is 13.0. The van der Waals surface area contributed by atoms with Crippen LogP contribution < -0.4 is 0 Å². The predicted molar refractivity (Wildman–Crippen MR) is 68.8 cm³/mol. The van der Waals surface area contributed by atoms with Crippen LogP contribution in [-0.4, -0.2) is 30.5 Å². The summed E-state index contributed by atoms with van der Waals surface area (Å²) in [4.78, 5) is 0. The first-order valence-corrected chi connectivity index (χ1v) is 6.72. The maximum atomic E-state index is 11.3. The summed E-state index contributed by atoms with van der Waals surface area (Å²) in [6.07, 6.45) is 5.89. The predicted octanol–water partition coefficient (Wildman–Crippen LogP) is 1.23. The number of aliphatic hydroxyl groups excluding tert-OH is 1. The van der Waals surface area contributed by atoms with Gasteiger partial charge in [0.15, 0.2) is 0 Å². The summed E-state index contributed by atoms with van der Waals surface area (Å²) >= 11 is 0. The molecule has 1 unspecified atom stereocenters. The van der Waals surface area contributed by atoms with Gasteiger partial charge in [0, 0.05) is 18.6 Å². The second kappa shape index (κ2) is 6.02. The molecule has 0 aliphatic carbocycles. The van der Waals surface area contributed by atoms with Crippen molar-refractivity contribution < 1.29 is 13.5 Å². The Morgan fingerprint density at radius 1 is 1.59 bits per heavy atom. The lowest BCUT2D eigenvalue weighted by Crippen LogP contribution is -2.43. The molecular formula is C12H19NO3S. The maximum absolute atomic E-state index is 11.3. The smallest absolute Gasteiger partial charge is 0.225 e. The van der Waals surface area contributed by atoms with Crippen LogP contribution in [0.4, 0.5) is 0 Å². The molecule has 0 spiro atoms. The summed E-state index contributed by atoms with van der Waals surface area (Å²) in [6, 6.07) is -0.214. The Labute approximate surface area is 104 Å². The second-order valence-electron chi connectivity index (χ2n) is 4.07. The molecule has 1 saturated heterocycles. The monoisotopic (exact) mass is 257 g/mol. The molecule has 1 heterocycles. The van der Waals surface area contributed by atoms with E-state index in [1.807, 2.05) is 13.8 Å². The summed E-state index contributed by atoms with van der Waals surface area (Å²) in [5.41, 5.74) is 1.59. The minimum atomic E-state index is -2.69. The Hall–Kier alpha value is -1.07. The van der Waals surface area contributed by atoms with Gasteiger partial charge in [-0.25, -0.2) is 8.42 Å². The molecule has 1 fully saturated rings. The lowest BCUT2D eigenvalue weighted by Gasteiger charge is -2.39. The lowest BCUT2D eigenvalue weighted by molar-refractivity contribution is 0.158. The van der Waals surface area contributed by atoms with Crippen molar-refractivity contribution in [2.24, 2.45) is 5.92 Å². The summed E-state index contributed by atoms with van der Waals surface area (Å²) in [6.45, 7) is 7.24. The zero-order valence-corrected chi connectivity index (χ0v) is 11.1. The van der Waals surface area contributed by atoms with Gasteiger partial charge < -0.3 is 5.11 Å². The topological polar surface area (TPSA) is 57.6 Å². The van der Waals surface area contributed by atoms with Crippen LogP contribution in [-0.2, 0) is 10.9 Å². The van der Waals surface area contributed by atoms with Crippen molar-refractivity contribution in [2.45, 2.75) is 26.3 Å². The van der Waals surface area contributed by atoms with Crippen LogP contribution in [0.1, 0.15) is 20.3 Å². The van der Waals surface area contributed by atoms with Gasteiger partial charge in [-0.2, -0.15) is 0 Å². The Morgan fingerprint density at radius 3 is 2.65 bits per heavy atom. The minimum absolute atomic E-state index is 0.0215. The molecule has 4 nitrogen and oxygen atoms in total. The Morgan fingerprint density at radius 2 is 2.24 bits per heavy atom. The van der Waals surface area contributed by atoms with E-state index in [-0.39, 0.29) is 18.6 Å². The fraction of sp³-hybridized carbons (Fsp3) is 0.500. The summed E-state index contributed by atoms with van der Waals surface area (Å²) < 4.78 is 24.0. The molecule has 1 aliphatic rings. The molecule has 0 bridgehead atoms. The van der Waals surface area contributed by atoms with Gasteiger partial charge >= 0.3 is 0 Å². The van der Waals surface area contributed by atoms with Crippen molar-refractivity contribution in [1.82, 2.24) is 4.31 Å². The number of hydrogen-bond acceptors (Lipinski definition) is 3. The average Bonchev–Trinajstić information content (AvgIpc) is 2.30. The van der Waals surface area contributed by atoms with Crippen LogP contribution in [0.25, 0.3) is 0 Å². The Bertz CT molecular complexity index is 415. The van der Waals surface area contributed by atoms with Crippen LogP contribution in [0.5, 0.6) is 0 Å². The SMILES string of the molecule is C=C/C=C1/CC(CO)[C@@H](C)N([SH](=O)=O)/C1=C/C. The summed E-state index contributed by atoms with van der Waals surface area (Å²) in [5, 5.41) is 9.31. The molecule has 17 heavy (non-hydrogen) atoms. The van der Waals surface area contributed by atoms with Gasteiger partial charge in [-0.3, -0.25) is 4.31 Å². The molecule has 0 aromatic rings. The van der Waals surface area contributed by atoms with Crippen molar-refractivity contribution >= 4 is 10.9 Å². The van der Waals surface area contributed by atoms with E-state index in [1.54, 1.807) is 18.2 Å². The van der Waals surface area contributed by atoms with Crippen molar-refractivity contribution in [1.29, 1.82) is 0 Å². The van der Waals surface area contributed by atoms with Crippen LogP contribution in [0.2, 0.25) is 0 Å². The van der Waals surface area contributed by atoms with Crippen LogP contribution in [0.15, 0.2) is 36.1 Å². The van der Waals surface area contributed by atoms with Crippen LogP contribution >= 0.6 is 0 Å². The lowest BCUT2D eigenvalue weighted by atomic mass is 9.87. The van der Waals surface area contributed by atoms with E-state index < -0.39 is 10.9 Å². The molecular weight excluding hydrogens is 238 g/mol. The highest BCUT2D eigenvalue weighted by Gasteiger charge is 2.33. The number of allylic oxidation sites excluding steroid dienone is 4. The molecule has 0 aromatic carbocycles. The third kappa shape index (κ3) is 2.79. The number of rotatable bonds is 3.